The largest absolute Gasteiger partial charge is 0.619 e. The molecule has 1 aliphatic heterocycles. The molecule has 1 aromatic rings. The van der Waals surface area contributed by atoms with Crippen LogP contribution in [0.5, 0.6) is 5.75 Å². The highest BCUT2D eigenvalue weighted by molar-refractivity contribution is 5.35. The molecule has 82 valence electrons. The average molecular weight is 210 g/mol. The van der Waals surface area contributed by atoms with Gasteiger partial charge in [0.2, 0.25) is 6.20 Å². The van der Waals surface area contributed by atoms with Crippen molar-refractivity contribution in [3.05, 3.63) is 29.2 Å². The molecule has 5 nitrogen and oxygen atoms in total. The van der Waals surface area contributed by atoms with Crippen molar-refractivity contribution in [3.8, 4) is 5.75 Å². The Labute approximate surface area is 87.7 Å². The van der Waals surface area contributed by atoms with E-state index in [1.54, 1.807) is 19.9 Å². The molecular formula is C10H14N2O3. The Hall–Kier alpha value is -1.33. The Kier molecular flexibility index (Phi) is 2.09. The standard InChI is InChI=1S/C10H14N2O3/c1-10(2)9(13)8(11)6-3-4-12(14)5-7(6)15-10/h3-5,8-9,13H,11H2,1-2H3/t8-,9+/m0/s1. The Morgan fingerprint density at radius 3 is 2.93 bits per heavy atom. The summed E-state index contributed by atoms with van der Waals surface area (Å²) in [6.07, 6.45) is 1.88. The van der Waals surface area contributed by atoms with Crippen molar-refractivity contribution in [1.29, 1.82) is 0 Å². The smallest absolute Gasteiger partial charge is 0.222 e. The summed E-state index contributed by atoms with van der Waals surface area (Å²) in [4.78, 5) is 0. The molecule has 0 bridgehead atoms. The molecule has 3 N–H and O–H groups in total. The van der Waals surface area contributed by atoms with Crippen molar-refractivity contribution in [2.45, 2.75) is 31.6 Å². The third-order valence-electron chi connectivity index (χ3n) is 2.71. The number of rotatable bonds is 0. The van der Waals surface area contributed by atoms with E-state index in [9.17, 15) is 10.3 Å². The number of aliphatic hydroxyl groups excluding tert-OH is 1. The van der Waals surface area contributed by atoms with Crippen molar-refractivity contribution in [2.75, 3.05) is 0 Å². The molecule has 0 saturated carbocycles. The molecule has 0 amide bonds. The van der Waals surface area contributed by atoms with Gasteiger partial charge in [-0.3, -0.25) is 0 Å². The van der Waals surface area contributed by atoms with Crippen LogP contribution in [-0.2, 0) is 0 Å². The minimum Gasteiger partial charge on any atom is -0.619 e. The quantitative estimate of drug-likeness (QED) is 0.461. The van der Waals surface area contributed by atoms with Gasteiger partial charge in [0.05, 0.1) is 6.04 Å². The second-order valence-corrected chi connectivity index (χ2v) is 4.30. The monoisotopic (exact) mass is 210 g/mol. The summed E-state index contributed by atoms with van der Waals surface area (Å²) >= 11 is 0. The molecule has 0 unspecified atom stereocenters. The van der Waals surface area contributed by atoms with Gasteiger partial charge in [0.25, 0.3) is 0 Å². The van der Waals surface area contributed by atoms with E-state index in [1.807, 2.05) is 0 Å². The molecule has 15 heavy (non-hydrogen) atoms. The van der Waals surface area contributed by atoms with Crippen LogP contribution in [0.25, 0.3) is 0 Å². The highest BCUT2D eigenvalue weighted by Crippen LogP contribution is 2.37. The molecule has 0 radical (unpaired) electrons. The van der Waals surface area contributed by atoms with Gasteiger partial charge in [0, 0.05) is 11.6 Å². The number of aromatic nitrogens is 1. The van der Waals surface area contributed by atoms with Crippen molar-refractivity contribution in [2.24, 2.45) is 5.73 Å². The average Bonchev–Trinajstić information content (AvgIpc) is 2.13. The van der Waals surface area contributed by atoms with Crippen LogP contribution < -0.4 is 15.2 Å². The first kappa shape index (κ1) is 10.2. The number of nitrogens with two attached hydrogens (primary N) is 1. The van der Waals surface area contributed by atoms with Crippen LogP contribution in [0.1, 0.15) is 25.5 Å². The maximum Gasteiger partial charge on any atom is 0.222 e. The van der Waals surface area contributed by atoms with Gasteiger partial charge in [-0.15, -0.1) is 0 Å². The van der Waals surface area contributed by atoms with Crippen molar-refractivity contribution < 1.29 is 14.6 Å². The Balaban J connectivity index is 2.50. The number of hydrogen-bond donors (Lipinski definition) is 2. The lowest BCUT2D eigenvalue weighted by Gasteiger charge is -2.39. The van der Waals surface area contributed by atoms with E-state index in [0.29, 0.717) is 16.0 Å². The summed E-state index contributed by atoms with van der Waals surface area (Å²) < 4.78 is 6.18. The molecule has 2 rings (SSSR count). The number of aliphatic hydroxyl groups is 1. The van der Waals surface area contributed by atoms with E-state index in [1.165, 1.54) is 12.4 Å². The lowest BCUT2D eigenvalue weighted by Crippen LogP contribution is -2.51. The van der Waals surface area contributed by atoms with Gasteiger partial charge in [-0.25, -0.2) is 0 Å². The summed E-state index contributed by atoms with van der Waals surface area (Å²) in [5.74, 6) is 0.440. The molecule has 2 heterocycles. The fraction of sp³-hybridized carbons (Fsp3) is 0.500. The van der Waals surface area contributed by atoms with Crippen molar-refractivity contribution in [1.82, 2.24) is 0 Å². The minimum absolute atomic E-state index is 0.440. The van der Waals surface area contributed by atoms with Crippen LogP contribution >= 0.6 is 0 Å². The molecule has 1 aliphatic rings. The van der Waals surface area contributed by atoms with Gasteiger partial charge in [-0.1, -0.05) is 0 Å². The van der Waals surface area contributed by atoms with Crippen LogP contribution in [0.3, 0.4) is 0 Å². The second-order valence-electron chi connectivity index (χ2n) is 4.30. The van der Waals surface area contributed by atoms with Crippen molar-refractivity contribution in [3.63, 3.8) is 0 Å². The first-order valence-corrected chi connectivity index (χ1v) is 4.77. The van der Waals surface area contributed by atoms with Crippen LogP contribution in [0.4, 0.5) is 0 Å². The van der Waals surface area contributed by atoms with Crippen LogP contribution in [0.15, 0.2) is 18.5 Å². The highest BCUT2D eigenvalue weighted by Gasteiger charge is 2.42. The van der Waals surface area contributed by atoms with Crippen LogP contribution in [-0.4, -0.2) is 16.8 Å². The van der Waals surface area contributed by atoms with Gasteiger partial charge < -0.3 is 20.8 Å². The number of hydrogen-bond acceptors (Lipinski definition) is 4. The predicted molar refractivity (Wildman–Crippen MR) is 53.0 cm³/mol. The highest BCUT2D eigenvalue weighted by atomic mass is 16.5. The van der Waals surface area contributed by atoms with E-state index in [0.717, 1.165) is 0 Å². The van der Waals surface area contributed by atoms with E-state index >= 15 is 0 Å². The van der Waals surface area contributed by atoms with Crippen LogP contribution in [0, 0.1) is 5.21 Å². The summed E-state index contributed by atoms with van der Waals surface area (Å²) in [7, 11) is 0. The topological polar surface area (TPSA) is 82.4 Å². The third-order valence-corrected chi connectivity index (χ3v) is 2.71. The molecule has 0 aliphatic carbocycles. The zero-order valence-electron chi connectivity index (χ0n) is 8.68. The normalized spacial score (nSPS) is 28.0. The van der Waals surface area contributed by atoms with Crippen LogP contribution in [0.2, 0.25) is 0 Å². The summed E-state index contributed by atoms with van der Waals surface area (Å²) in [6.45, 7) is 3.48. The fourth-order valence-electron chi connectivity index (χ4n) is 1.78. The SMILES string of the molecule is CC1(C)Oc2c[n+]([O-])ccc2[C@H](N)[C@H]1O. The van der Waals surface area contributed by atoms with E-state index in [-0.39, 0.29) is 0 Å². The minimum atomic E-state index is -0.785. The number of nitrogens with zero attached hydrogens (tertiary/aromatic N) is 1. The number of ether oxygens (including phenoxy) is 1. The van der Waals surface area contributed by atoms with E-state index in [4.69, 9.17) is 10.5 Å². The molecule has 5 heteroatoms. The van der Waals surface area contributed by atoms with E-state index in [2.05, 4.69) is 0 Å². The van der Waals surface area contributed by atoms with Gasteiger partial charge in [0.15, 0.2) is 11.9 Å². The maximum absolute atomic E-state index is 11.1. The molecule has 0 saturated heterocycles. The lowest BCUT2D eigenvalue weighted by molar-refractivity contribution is -0.606. The number of fused-ring (bicyclic) bond motifs is 1. The Morgan fingerprint density at radius 2 is 2.27 bits per heavy atom. The molecule has 1 aromatic heterocycles. The Bertz CT molecular complexity index is 392. The molecule has 2 atom stereocenters. The Morgan fingerprint density at radius 1 is 1.60 bits per heavy atom. The molecular weight excluding hydrogens is 196 g/mol. The summed E-state index contributed by atoms with van der Waals surface area (Å²) in [5, 5.41) is 21.0. The second kappa shape index (κ2) is 3.08. The third kappa shape index (κ3) is 1.53. The fourth-order valence-corrected chi connectivity index (χ4v) is 1.78. The van der Waals surface area contributed by atoms with Gasteiger partial charge >= 0.3 is 0 Å². The molecule has 0 spiro atoms. The molecule has 0 aromatic carbocycles. The first-order chi connectivity index (χ1) is 6.92. The predicted octanol–water partition coefficient (Wildman–Crippen LogP) is -0.148. The molecule has 0 fully saturated rings. The zero-order valence-corrected chi connectivity index (χ0v) is 8.68. The maximum atomic E-state index is 11.1. The van der Waals surface area contributed by atoms with Gasteiger partial charge in [-0.05, 0) is 13.8 Å². The van der Waals surface area contributed by atoms with Gasteiger partial charge in [-0.2, -0.15) is 4.73 Å². The van der Waals surface area contributed by atoms with E-state index < -0.39 is 17.7 Å². The van der Waals surface area contributed by atoms with Gasteiger partial charge in [0.1, 0.15) is 11.7 Å². The lowest BCUT2D eigenvalue weighted by atomic mass is 9.88. The zero-order chi connectivity index (χ0) is 11.2. The van der Waals surface area contributed by atoms with Crippen molar-refractivity contribution >= 4 is 0 Å². The summed E-state index contributed by atoms with van der Waals surface area (Å²) in [5.41, 5.74) is 5.76. The first-order valence-electron chi connectivity index (χ1n) is 4.77. The summed E-state index contributed by atoms with van der Waals surface area (Å²) in [6, 6.07) is 1.05. The number of pyridine rings is 1.